The number of hydrogen-bond acceptors (Lipinski definition) is 9. The van der Waals surface area contributed by atoms with Crippen LogP contribution in [0, 0.1) is 5.41 Å². The first-order valence-electron chi connectivity index (χ1n) is 12.6. The van der Waals surface area contributed by atoms with E-state index in [1.165, 1.54) is 24.3 Å². The van der Waals surface area contributed by atoms with E-state index in [4.69, 9.17) is 27.5 Å². The second-order valence-electron chi connectivity index (χ2n) is 8.99. The number of nitrogens with one attached hydrogen (secondary N) is 4. The molecule has 3 rings (SSSR count). The second-order valence-corrected chi connectivity index (χ2v) is 9.42. The van der Waals surface area contributed by atoms with Crippen LogP contribution in [0.4, 0.5) is 30.8 Å². The van der Waals surface area contributed by atoms with Gasteiger partial charge in [-0.25, -0.2) is 4.79 Å². The van der Waals surface area contributed by atoms with Crippen molar-refractivity contribution in [2.45, 2.75) is 44.4 Å². The van der Waals surface area contributed by atoms with Gasteiger partial charge in [0.1, 0.15) is 6.04 Å². The van der Waals surface area contributed by atoms with E-state index in [1.807, 2.05) is 0 Å². The van der Waals surface area contributed by atoms with Crippen molar-refractivity contribution < 1.29 is 32.6 Å². The van der Waals surface area contributed by atoms with Gasteiger partial charge in [0, 0.05) is 29.2 Å². The van der Waals surface area contributed by atoms with Crippen LogP contribution in [0.2, 0.25) is 5.02 Å². The van der Waals surface area contributed by atoms with Gasteiger partial charge in [-0.15, -0.1) is 0 Å². The molecule has 3 aromatic rings. The van der Waals surface area contributed by atoms with Crippen molar-refractivity contribution in [3.8, 4) is 6.01 Å². The molecule has 0 bridgehead atoms. The molecule has 224 valence electrons. The number of aromatic nitrogens is 3. The Morgan fingerprint density at radius 1 is 1.02 bits per heavy atom. The fourth-order valence-corrected chi connectivity index (χ4v) is 3.61. The van der Waals surface area contributed by atoms with Crippen LogP contribution in [-0.2, 0) is 11.3 Å². The summed E-state index contributed by atoms with van der Waals surface area (Å²) >= 11 is 5.89. The molecule has 0 unspecified atom stereocenters. The van der Waals surface area contributed by atoms with Gasteiger partial charge >= 0.3 is 18.2 Å². The number of carbonyl (C=O) groups is 2. The van der Waals surface area contributed by atoms with Gasteiger partial charge in [-0.2, -0.15) is 28.1 Å². The first kappa shape index (κ1) is 31.9. The Morgan fingerprint density at radius 3 is 2.31 bits per heavy atom. The number of alkyl halides is 3. The highest BCUT2D eigenvalue weighted by atomic mass is 35.5. The highest BCUT2D eigenvalue weighted by Crippen LogP contribution is 2.21. The number of nitrogens with zero attached hydrogens (tertiary/aromatic N) is 3. The van der Waals surface area contributed by atoms with E-state index in [0.717, 1.165) is 5.56 Å². The van der Waals surface area contributed by atoms with Crippen molar-refractivity contribution >= 4 is 46.9 Å². The quantitative estimate of drug-likeness (QED) is 0.0814. The number of nitrogens with two attached hydrogens (primary N) is 1. The van der Waals surface area contributed by atoms with Crippen LogP contribution in [-0.4, -0.2) is 56.6 Å². The smallest absolute Gasteiger partial charge is 0.422 e. The molecule has 0 saturated heterocycles. The molecule has 0 spiro atoms. The number of hydrogen-bond donors (Lipinski definition) is 6. The van der Waals surface area contributed by atoms with Crippen molar-refractivity contribution in [3.63, 3.8) is 0 Å². The third-order valence-corrected chi connectivity index (χ3v) is 5.79. The van der Waals surface area contributed by atoms with Gasteiger partial charge < -0.3 is 31.5 Å². The van der Waals surface area contributed by atoms with Gasteiger partial charge in [0.15, 0.2) is 6.61 Å². The van der Waals surface area contributed by atoms with Crippen LogP contribution in [0.3, 0.4) is 0 Å². The molecule has 7 N–H and O–H groups in total. The number of rotatable bonds is 15. The largest absolute Gasteiger partial charge is 0.480 e. The fraction of sp³-hybridized carbons (Fsp3) is 0.308. The number of ether oxygens (including phenoxy) is 1. The van der Waals surface area contributed by atoms with Crippen molar-refractivity contribution in [2.75, 3.05) is 17.2 Å². The Kier molecular flexibility index (Phi) is 11.2. The predicted octanol–water partition coefficient (Wildman–Crippen LogP) is 4.50. The van der Waals surface area contributed by atoms with Crippen LogP contribution in [0.25, 0.3) is 0 Å². The van der Waals surface area contributed by atoms with Gasteiger partial charge in [0.05, 0.1) is 5.84 Å². The number of carboxylic acid groups (broad SMARTS) is 1. The van der Waals surface area contributed by atoms with E-state index in [9.17, 15) is 27.9 Å². The Bertz CT molecular complexity index is 1380. The minimum absolute atomic E-state index is 0.00672. The van der Waals surface area contributed by atoms with E-state index >= 15 is 0 Å². The molecular formula is C26H28ClF3N8O4. The monoisotopic (exact) mass is 608 g/mol. The zero-order valence-electron chi connectivity index (χ0n) is 22.0. The van der Waals surface area contributed by atoms with Crippen LogP contribution in [0.1, 0.15) is 41.6 Å². The summed E-state index contributed by atoms with van der Waals surface area (Å²) in [6.45, 7) is -1.37. The summed E-state index contributed by atoms with van der Waals surface area (Å²) in [5.41, 5.74) is 6.65. The standard InChI is InChI=1S/C26H28ClF3N8O4/c27-17-9-5-15(6-10-17)13-33-23-36-24(38-25(37-23)42-14-26(28,29)30)34-18-11-7-16(8-12-18)21(39)35-19(22(40)41)3-1-2-4-20(31)32/h5-12,19H,1-4,13-14H2,(H3,31,32)(H,35,39)(H,40,41)(H2,33,34,36,37,38)/t19-/m0/s1. The van der Waals surface area contributed by atoms with Crippen molar-refractivity contribution in [2.24, 2.45) is 5.73 Å². The van der Waals surface area contributed by atoms with Crippen LogP contribution in [0.15, 0.2) is 48.5 Å². The van der Waals surface area contributed by atoms with Crippen LogP contribution in [0.5, 0.6) is 6.01 Å². The maximum atomic E-state index is 12.7. The fourth-order valence-electron chi connectivity index (χ4n) is 3.48. The molecule has 12 nitrogen and oxygen atoms in total. The molecule has 1 heterocycles. The van der Waals surface area contributed by atoms with E-state index in [0.29, 0.717) is 30.0 Å². The Morgan fingerprint density at radius 2 is 1.69 bits per heavy atom. The van der Waals surface area contributed by atoms with Crippen LogP contribution >= 0.6 is 11.6 Å². The van der Waals surface area contributed by atoms with E-state index < -0.39 is 36.7 Å². The van der Waals surface area contributed by atoms with Gasteiger partial charge in [-0.3, -0.25) is 10.2 Å². The molecule has 2 aromatic carbocycles. The summed E-state index contributed by atoms with van der Waals surface area (Å²) < 4.78 is 42.8. The molecule has 0 radical (unpaired) electrons. The maximum absolute atomic E-state index is 12.7. The van der Waals surface area contributed by atoms with Gasteiger partial charge in [-0.05, 0) is 54.8 Å². The van der Waals surface area contributed by atoms with E-state index in [-0.39, 0.29) is 36.3 Å². The van der Waals surface area contributed by atoms with Crippen molar-refractivity contribution in [3.05, 3.63) is 64.7 Å². The van der Waals surface area contributed by atoms with Gasteiger partial charge in [0.25, 0.3) is 5.91 Å². The summed E-state index contributed by atoms with van der Waals surface area (Å²) in [7, 11) is 0. The minimum atomic E-state index is -4.61. The number of amidine groups is 1. The Hall–Kier alpha value is -4.66. The van der Waals surface area contributed by atoms with Gasteiger partial charge in [0.2, 0.25) is 11.9 Å². The first-order valence-corrected chi connectivity index (χ1v) is 12.9. The average molecular weight is 609 g/mol. The molecule has 1 atom stereocenters. The zero-order chi connectivity index (χ0) is 30.7. The molecule has 16 heteroatoms. The number of amides is 1. The number of benzene rings is 2. The number of carboxylic acids is 1. The molecule has 0 fully saturated rings. The average Bonchev–Trinajstić information content (AvgIpc) is 2.93. The molecular weight excluding hydrogens is 581 g/mol. The number of unbranched alkanes of at least 4 members (excludes halogenated alkanes) is 1. The second kappa shape index (κ2) is 14.8. The maximum Gasteiger partial charge on any atom is 0.422 e. The lowest BCUT2D eigenvalue weighted by Gasteiger charge is -2.15. The number of halogens is 4. The molecule has 0 saturated carbocycles. The highest BCUT2D eigenvalue weighted by Gasteiger charge is 2.29. The van der Waals surface area contributed by atoms with Crippen molar-refractivity contribution in [1.29, 1.82) is 5.41 Å². The molecule has 0 aliphatic carbocycles. The lowest BCUT2D eigenvalue weighted by atomic mass is 10.1. The highest BCUT2D eigenvalue weighted by molar-refractivity contribution is 6.30. The normalized spacial score (nSPS) is 11.8. The topological polar surface area (TPSA) is 188 Å². The third kappa shape index (κ3) is 11.1. The zero-order valence-corrected chi connectivity index (χ0v) is 22.8. The summed E-state index contributed by atoms with van der Waals surface area (Å²) in [5.74, 6) is -1.99. The number of anilines is 3. The SMILES string of the molecule is N=C(N)CCCC[C@H](NC(=O)c1ccc(Nc2nc(NCc3ccc(Cl)cc3)nc(OCC(F)(F)F)n2)cc1)C(=O)O. The minimum Gasteiger partial charge on any atom is -0.480 e. The summed E-state index contributed by atoms with van der Waals surface area (Å²) in [4.78, 5) is 36.1. The molecule has 42 heavy (non-hydrogen) atoms. The third-order valence-electron chi connectivity index (χ3n) is 5.54. The van der Waals surface area contributed by atoms with E-state index in [1.54, 1.807) is 24.3 Å². The molecule has 0 aliphatic rings. The van der Waals surface area contributed by atoms with Gasteiger partial charge in [-0.1, -0.05) is 30.2 Å². The molecule has 0 aliphatic heterocycles. The van der Waals surface area contributed by atoms with Crippen molar-refractivity contribution in [1.82, 2.24) is 20.3 Å². The van der Waals surface area contributed by atoms with Crippen LogP contribution < -0.4 is 26.4 Å². The summed E-state index contributed by atoms with van der Waals surface area (Å²) in [5, 5.41) is 25.4. The Balaban J connectivity index is 1.68. The molecule has 1 aromatic heterocycles. The Labute approximate surface area is 243 Å². The lowest BCUT2D eigenvalue weighted by Crippen LogP contribution is -2.40. The number of carbonyl (C=O) groups excluding carboxylic acids is 1. The summed E-state index contributed by atoms with van der Waals surface area (Å²) in [6.07, 6.45) is -3.13. The summed E-state index contributed by atoms with van der Waals surface area (Å²) in [6, 6.07) is 11.0. The first-order chi connectivity index (χ1) is 19.9. The van der Waals surface area contributed by atoms with E-state index in [2.05, 4.69) is 30.9 Å². The number of aliphatic carboxylic acids is 1. The molecule has 1 amide bonds. The predicted molar refractivity (Wildman–Crippen MR) is 149 cm³/mol. The lowest BCUT2D eigenvalue weighted by molar-refractivity contribution is -0.154.